The van der Waals surface area contributed by atoms with E-state index in [-0.39, 0.29) is 5.69 Å². The Kier molecular flexibility index (Phi) is 5.79. The minimum atomic E-state index is -0.586. The largest absolute Gasteiger partial charge is 0.325 e. The van der Waals surface area contributed by atoms with Crippen molar-refractivity contribution in [2.75, 3.05) is 22.1 Å². The Balaban J connectivity index is 1.68. The van der Waals surface area contributed by atoms with Crippen molar-refractivity contribution in [3.63, 3.8) is 0 Å². The number of benzene rings is 2. The molecule has 0 radical (unpaired) electrons. The van der Waals surface area contributed by atoms with E-state index >= 15 is 0 Å². The van der Waals surface area contributed by atoms with Crippen LogP contribution < -0.4 is 15.5 Å². The Morgan fingerprint density at radius 2 is 1.96 bits per heavy atom. The maximum atomic E-state index is 13.8. The third kappa shape index (κ3) is 4.36. The summed E-state index contributed by atoms with van der Waals surface area (Å²) in [5.74, 6) is -0.534. The minimum absolute atomic E-state index is 0.0786. The smallest absolute Gasteiger partial charge is 0.317 e. The molecule has 0 saturated heterocycles. The third-order valence-corrected chi connectivity index (χ3v) is 4.78. The van der Waals surface area contributed by atoms with E-state index in [4.69, 9.17) is 0 Å². The molecule has 0 atom stereocenters. The predicted molar refractivity (Wildman–Crippen MR) is 106 cm³/mol. The number of carbonyl (C=O) groups is 1. The highest BCUT2D eigenvalue weighted by atomic mass is 79.9. The molecule has 1 aromatic heterocycles. The summed E-state index contributed by atoms with van der Waals surface area (Å²) >= 11 is 4.41. The number of para-hydroxylation sites is 1. The van der Waals surface area contributed by atoms with Gasteiger partial charge in [0.25, 0.3) is 0 Å². The molecule has 3 rings (SSSR count). The second kappa shape index (κ2) is 8.24. The molecule has 9 heteroatoms. The van der Waals surface area contributed by atoms with Crippen LogP contribution in [0.1, 0.15) is 6.92 Å². The fourth-order valence-corrected chi connectivity index (χ4v) is 3.41. The highest BCUT2D eigenvalue weighted by Crippen LogP contribution is 2.30. The Morgan fingerprint density at radius 1 is 1.19 bits per heavy atom. The van der Waals surface area contributed by atoms with Gasteiger partial charge in [0.1, 0.15) is 5.82 Å². The molecular weight excluding hydrogens is 421 g/mol. The molecule has 2 N–H and O–H groups in total. The molecule has 0 bridgehead atoms. The number of nitrogens with one attached hydrogen (secondary N) is 2. The van der Waals surface area contributed by atoms with E-state index < -0.39 is 11.8 Å². The van der Waals surface area contributed by atoms with E-state index in [0.29, 0.717) is 21.3 Å². The zero-order chi connectivity index (χ0) is 18.5. The number of hydrogen-bond donors (Lipinski definition) is 2. The molecule has 134 valence electrons. The molecule has 0 unspecified atom stereocenters. The van der Waals surface area contributed by atoms with E-state index in [9.17, 15) is 9.18 Å². The molecule has 1 heterocycles. The van der Waals surface area contributed by atoms with Crippen LogP contribution in [-0.2, 0) is 0 Å². The van der Waals surface area contributed by atoms with Gasteiger partial charge in [0.05, 0.1) is 5.69 Å². The quantitative estimate of drug-likeness (QED) is 0.574. The van der Waals surface area contributed by atoms with Gasteiger partial charge in [-0.05, 0) is 37.3 Å². The molecular formula is C17H15BrFN5OS. The maximum Gasteiger partial charge on any atom is 0.325 e. The summed E-state index contributed by atoms with van der Waals surface area (Å²) < 4.78 is 14.4. The Labute approximate surface area is 162 Å². The first-order valence-corrected chi connectivity index (χ1v) is 9.37. The van der Waals surface area contributed by atoms with Crippen molar-refractivity contribution in [3.05, 3.63) is 58.8 Å². The monoisotopic (exact) mass is 435 g/mol. The van der Waals surface area contributed by atoms with Crippen molar-refractivity contribution in [1.29, 1.82) is 0 Å². The van der Waals surface area contributed by atoms with Gasteiger partial charge in [0, 0.05) is 16.7 Å². The molecule has 2 aromatic carbocycles. The lowest BCUT2D eigenvalue weighted by atomic mass is 10.3. The zero-order valence-electron chi connectivity index (χ0n) is 13.7. The number of aromatic nitrogens is 2. The third-order valence-electron chi connectivity index (χ3n) is 3.43. The molecule has 2 amide bonds. The molecule has 0 aliphatic carbocycles. The van der Waals surface area contributed by atoms with Crippen molar-refractivity contribution in [3.8, 4) is 0 Å². The zero-order valence-corrected chi connectivity index (χ0v) is 16.1. The number of halogens is 2. The molecule has 0 fully saturated rings. The lowest BCUT2D eigenvalue weighted by molar-refractivity contribution is 0.262. The van der Waals surface area contributed by atoms with Crippen LogP contribution in [0.4, 0.5) is 30.8 Å². The van der Waals surface area contributed by atoms with Gasteiger partial charge in [-0.25, -0.2) is 9.18 Å². The van der Waals surface area contributed by atoms with Crippen LogP contribution in [0.2, 0.25) is 0 Å². The van der Waals surface area contributed by atoms with Crippen LogP contribution in [0, 0.1) is 5.82 Å². The fourth-order valence-electron chi connectivity index (χ4n) is 2.25. The van der Waals surface area contributed by atoms with Gasteiger partial charge in [-0.2, -0.15) is 0 Å². The summed E-state index contributed by atoms with van der Waals surface area (Å²) in [5.41, 5.74) is 1.06. The van der Waals surface area contributed by atoms with Crippen molar-refractivity contribution in [2.24, 2.45) is 0 Å². The van der Waals surface area contributed by atoms with Crippen LogP contribution in [0.3, 0.4) is 0 Å². The van der Waals surface area contributed by atoms with Crippen LogP contribution >= 0.6 is 27.3 Å². The minimum Gasteiger partial charge on any atom is -0.317 e. The first kappa shape index (κ1) is 18.3. The maximum absolute atomic E-state index is 13.8. The van der Waals surface area contributed by atoms with E-state index in [0.717, 1.165) is 5.69 Å². The van der Waals surface area contributed by atoms with E-state index in [1.807, 2.05) is 42.2 Å². The number of rotatable bonds is 5. The average molecular weight is 436 g/mol. The normalized spacial score (nSPS) is 10.4. The van der Waals surface area contributed by atoms with Gasteiger partial charge in [-0.3, -0.25) is 5.32 Å². The summed E-state index contributed by atoms with van der Waals surface area (Å²) in [6.07, 6.45) is 0. The second-order valence-corrected chi connectivity index (χ2v) is 7.04. The fraction of sp³-hybridized carbons (Fsp3) is 0.118. The SMILES string of the molecule is CCN(c1ccccc1)c1nnc(NC(=O)Nc2ccc(Br)cc2F)s1. The van der Waals surface area contributed by atoms with Crippen LogP contribution in [0.25, 0.3) is 0 Å². The Morgan fingerprint density at radius 3 is 2.65 bits per heavy atom. The predicted octanol–water partition coefficient (Wildman–Crippen LogP) is 5.24. The van der Waals surface area contributed by atoms with E-state index in [2.05, 4.69) is 36.8 Å². The van der Waals surface area contributed by atoms with Gasteiger partial charge in [-0.15, -0.1) is 10.2 Å². The van der Waals surface area contributed by atoms with Crippen molar-refractivity contribution >= 4 is 54.9 Å². The molecule has 0 aliphatic heterocycles. The van der Waals surface area contributed by atoms with Crippen LogP contribution in [0.5, 0.6) is 0 Å². The summed E-state index contributed by atoms with van der Waals surface area (Å²) in [4.78, 5) is 14.0. The Bertz CT molecular complexity index is 905. The number of anilines is 4. The summed E-state index contributed by atoms with van der Waals surface area (Å²) in [7, 11) is 0. The Hall–Kier alpha value is -2.52. The summed E-state index contributed by atoms with van der Waals surface area (Å²) in [6.45, 7) is 2.71. The van der Waals surface area contributed by atoms with Crippen molar-refractivity contribution in [2.45, 2.75) is 6.92 Å². The number of hydrogen-bond acceptors (Lipinski definition) is 5. The van der Waals surface area contributed by atoms with Crippen LogP contribution in [-0.4, -0.2) is 22.8 Å². The summed E-state index contributed by atoms with van der Waals surface area (Å²) in [5, 5.41) is 14.1. The van der Waals surface area contributed by atoms with Gasteiger partial charge in [-0.1, -0.05) is 45.5 Å². The molecule has 3 aromatic rings. The van der Waals surface area contributed by atoms with Crippen LogP contribution in [0.15, 0.2) is 53.0 Å². The molecule has 0 spiro atoms. The topological polar surface area (TPSA) is 70.2 Å². The standard InChI is InChI=1S/C17H15BrFN5OS/c1-2-24(12-6-4-3-5-7-12)17-23-22-16(26-17)21-15(25)20-14-9-8-11(18)10-13(14)19/h3-10H,2H2,1H3,(H2,20,21,22,25). The van der Waals surface area contributed by atoms with Crippen molar-refractivity contribution in [1.82, 2.24) is 10.2 Å². The van der Waals surface area contributed by atoms with Gasteiger partial charge in [0.15, 0.2) is 0 Å². The first-order valence-electron chi connectivity index (χ1n) is 7.76. The molecule has 0 aliphatic rings. The van der Waals surface area contributed by atoms with E-state index in [1.54, 1.807) is 6.07 Å². The molecule has 0 saturated carbocycles. The number of carbonyl (C=O) groups excluding carboxylic acids is 1. The van der Waals surface area contributed by atoms with Gasteiger partial charge >= 0.3 is 6.03 Å². The lowest BCUT2D eigenvalue weighted by Crippen LogP contribution is -2.20. The molecule has 26 heavy (non-hydrogen) atoms. The number of urea groups is 1. The number of nitrogens with zero attached hydrogens (tertiary/aromatic N) is 3. The highest BCUT2D eigenvalue weighted by Gasteiger charge is 2.15. The van der Waals surface area contributed by atoms with E-state index in [1.165, 1.54) is 23.5 Å². The number of amides is 2. The lowest BCUT2D eigenvalue weighted by Gasteiger charge is -2.18. The van der Waals surface area contributed by atoms with Gasteiger partial charge in [0.2, 0.25) is 10.3 Å². The van der Waals surface area contributed by atoms with Gasteiger partial charge < -0.3 is 10.2 Å². The molecule has 6 nitrogen and oxygen atoms in total. The second-order valence-electron chi connectivity index (χ2n) is 5.17. The average Bonchev–Trinajstić information content (AvgIpc) is 3.07. The first-order chi connectivity index (χ1) is 12.6. The summed E-state index contributed by atoms with van der Waals surface area (Å²) in [6, 6.07) is 13.6. The van der Waals surface area contributed by atoms with Crippen molar-refractivity contribution < 1.29 is 9.18 Å². The highest BCUT2D eigenvalue weighted by molar-refractivity contribution is 9.10.